The van der Waals surface area contributed by atoms with E-state index in [1.165, 1.54) is 16.4 Å². The smallest absolute Gasteiger partial charge is 0.254 e. The molecule has 0 radical (unpaired) electrons. The largest absolute Gasteiger partial charge is 0.378 e. The Labute approximate surface area is 140 Å². The Balaban J connectivity index is 1.74. The highest BCUT2D eigenvalue weighted by Crippen LogP contribution is 2.21. The second-order valence-electron chi connectivity index (χ2n) is 5.45. The van der Waals surface area contributed by atoms with E-state index in [4.69, 9.17) is 4.74 Å². The maximum atomic E-state index is 12.6. The van der Waals surface area contributed by atoms with E-state index >= 15 is 0 Å². The second-order valence-corrected chi connectivity index (χ2v) is 8.61. The summed E-state index contributed by atoms with van der Waals surface area (Å²) in [5.41, 5.74) is 0.514. The fraction of sp³-hybridized carbons (Fsp3) is 0.533. The van der Waals surface area contributed by atoms with Crippen molar-refractivity contribution in [3.05, 3.63) is 29.8 Å². The van der Waals surface area contributed by atoms with Gasteiger partial charge >= 0.3 is 0 Å². The van der Waals surface area contributed by atoms with Crippen molar-refractivity contribution >= 4 is 27.7 Å². The molecule has 0 aliphatic carbocycles. The number of hydrogen-bond donors (Lipinski definition) is 0. The van der Waals surface area contributed by atoms with Crippen LogP contribution in [0.5, 0.6) is 0 Å². The van der Waals surface area contributed by atoms with Gasteiger partial charge in [-0.2, -0.15) is 16.1 Å². The summed E-state index contributed by atoms with van der Waals surface area (Å²) >= 11 is 1.77. The number of benzene rings is 1. The van der Waals surface area contributed by atoms with Gasteiger partial charge in [-0.15, -0.1) is 0 Å². The molecular weight excluding hydrogens is 336 g/mol. The first-order valence-corrected chi connectivity index (χ1v) is 10.2. The summed E-state index contributed by atoms with van der Waals surface area (Å²) in [7, 11) is -3.45. The first-order valence-electron chi connectivity index (χ1n) is 7.64. The Morgan fingerprint density at radius 2 is 1.61 bits per heavy atom. The third-order valence-electron chi connectivity index (χ3n) is 4.01. The third kappa shape index (κ3) is 3.71. The number of rotatable bonds is 3. The molecule has 2 saturated heterocycles. The number of nitrogens with zero attached hydrogens (tertiary/aromatic N) is 2. The van der Waals surface area contributed by atoms with Crippen LogP contribution in [0.25, 0.3) is 0 Å². The molecule has 0 unspecified atom stereocenters. The highest BCUT2D eigenvalue weighted by Gasteiger charge is 2.26. The SMILES string of the molecule is O=C(c1ccc(S(=O)(=O)N2CCSCC2)cc1)N1CCOCC1. The van der Waals surface area contributed by atoms with Gasteiger partial charge in [-0.25, -0.2) is 8.42 Å². The van der Waals surface area contributed by atoms with Crippen LogP contribution in [0.3, 0.4) is 0 Å². The summed E-state index contributed by atoms with van der Waals surface area (Å²) in [6.07, 6.45) is 0. The molecule has 0 aromatic heterocycles. The molecule has 8 heteroatoms. The van der Waals surface area contributed by atoms with Gasteiger partial charge in [0.1, 0.15) is 0 Å². The van der Waals surface area contributed by atoms with Gasteiger partial charge in [-0.05, 0) is 24.3 Å². The predicted molar refractivity (Wildman–Crippen MR) is 89.2 cm³/mol. The van der Waals surface area contributed by atoms with Crippen LogP contribution in [0.1, 0.15) is 10.4 Å². The minimum absolute atomic E-state index is 0.0772. The number of ether oxygens (including phenoxy) is 1. The molecule has 3 rings (SSSR count). The molecule has 2 aliphatic rings. The van der Waals surface area contributed by atoms with Crippen molar-refractivity contribution in [2.75, 3.05) is 50.9 Å². The van der Waals surface area contributed by atoms with Crippen LogP contribution >= 0.6 is 11.8 Å². The molecule has 1 aromatic carbocycles. The van der Waals surface area contributed by atoms with Gasteiger partial charge in [-0.1, -0.05) is 0 Å². The van der Waals surface area contributed by atoms with E-state index < -0.39 is 10.0 Å². The topological polar surface area (TPSA) is 66.9 Å². The van der Waals surface area contributed by atoms with Crippen LogP contribution in [0, 0.1) is 0 Å². The van der Waals surface area contributed by atoms with Crippen molar-refractivity contribution in [1.29, 1.82) is 0 Å². The molecule has 126 valence electrons. The Morgan fingerprint density at radius 1 is 1.00 bits per heavy atom. The minimum Gasteiger partial charge on any atom is -0.378 e. The molecule has 2 heterocycles. The van der Waals surface area contributed by atoms with Crippen molar-refractivity contribution in [2.24, 2.45) is 0 Å². The number of amides is 1. The lowest BCUT2D eigenvalue weighted by molar-refractivity contribution is 0.0303. The second kappa shape index (κ2) is 7.21. The van der Waals surface area contributed by atoms with Gasteiger partial charge in [0.15, 0.2) is 0 Å². The van der Waals surface area contributed by atoms with Crippen LogP contribution in [-0.2, 0) is 14.8 Å². The van der Waals surface area contributed by atoms with Crippen molar-refractivity contribution in [3.63, 3.8) is 0 Å². The number of hydrogen-bond acceptors (Lipinski definition) is 5. The minimum atomic E-state index is -3.45. The van der Waals surface area contributed by atoms with Crippen molar-refractivity contribution < 1.29 is 17.9 Å². The first kappa shape index (κ1) is 16.8. The molecule has 6 nitrogen and oxygen atoms in total. The lowest BCUT2D eigenvalue weighted by atomic mass is 10.2. The van der Waals surface area contributed by atoms with E-state index in [-0.39, 0.29) is 10.8 Å². The molecule has 1 aromatic rings. The summed E-state index contributed by atoms with van der Waals surface area (Å²) in [5, 5.41) is 0. The Hall–Kier alpha value is -1.09. The lowest BCUT2D eigenvalue weighted by Crippen LogP contribution is -2.40. The zero-order chi connectivity index (χ0) is 16.3. The van der Waals surface area contributed by atoms with Crippen molar-refractivity contribution in [2.45, 2.75) is 4.90 Å². The number of morpholine rings is 1. The van der Waals surface area contributed by atoms with Gasteiger partial charge in [-0.3, -0.25) is 4.79 Å². The number of sulfonamides is 1. The number of thioether (sulfide) groups is 1. The molecule has 1 amide bonds. The maximum Gasteiger partial charge on any atom is 0.254 e. The average Bonchev–Trinajstić information content (AvgIpc) is 2.63. The van der Waals surface area contributed by atoms with E-state index in [0.717, 1.165) is 11.5 Å². The van der Waals surface area contributed by atoms with Gasteiger partial charge in [0, 0.05) is 43.2 Å². The van der Waals surface area contributed by atoms with Crippen LogP contribution in [0.4, 0.5) is 0 Å². The number of carbonyl (C=O) groups is 1. The average molecular weight is 356 g/mol. The summed E-state index contributed by atoms with van der Waals surface area (Å²) in [4.78, 5) is 14.4. The normalized spacial score (nSPS) is 20.4. The van der Waals surface area contributed by atoms with Gasteiger partial charge in [0.2, 0.25) is 10.0 Å². The monoisotopic (exact) mass is 356 g/mol. The van der Waals surface area contributed by atoms with E-state index in [9.17, 15) is 13.2 Å². The molecule has 0 bridgehead atoms. The Morgan fingerprint density at radius 3 is 2.22 bits per heavy atom. The fourth-order valence-corrected chi connectivity index (χ4v) is 5.23. The Bertz CT molecular complexity index is 649. The van der Waals surface area contributed by atoms with E-state index in [0.29, 0.717) is 45.0 Å². The summed E-state index contributed by atoms with van der Waals surface area (Å²) in [6, 6.07) is 6.27. The lowest BCUT2D eigenvalue weighted by Gasteiger charge is -2.27. The standard InChI is InChI=1S/C15H20N2O4S2/c18-15(16-5-9-21-10-6-16)13-1-3-14(4-2-13)23(19,20)17-7-11-22-12-8-17/h1-4H,5-12H2. The zero-order valence-corrected chi connectivity index (χ0v) is 14.4. The summed E-state index contributed by atoms with van der Waals surface area (Å²) in [5.74, 6) is 1.58. The molecule has 2 fully saturated rings. The summed E-state index contributed by atoms with van der Waals surface area (Å²) in [6.45, 7) is 3.33. The number of carbonyl (C=O) groups excluding carboxylic acids is 1. The van der Waals surface area contributed by atoms with E-state index in [1.807, 2.05) is 0 Å². The Kier molecular flexibility index (Phi) is 5.25. The molecular formula is C15H20N2O4S2. The highest BCUT2D eigenvalue weighted by molar-refractivity contribution is 7.99. The quantitative estimate of drug-likeness (QED) is 0.805. The molecule has 2 aliphatic heterocycles. The van der Waals surface area contributed by atoms with Crippen LogP contribution in [0.15, 0.2) is 29.2 Å². The van der Waals surface area contributed by atoms with Crippen LogP contribution in [0.2, 0.25) is 0 Å². The van der Waals surface area contributed by atoms with Crippen molar-refractivity contribution in [3.8, 4) is 0 Å². The van der Waals surface area contributed by atoms with Crippen molar-refractivity contribution in [1.82, 2.24) is 9.21 Å². The van der Waals surface area contributed by atoms with E-state index in [2.05, 4.69) is 0 Å². The third-order valence-corrected chi connectivity index (χ3v) is 6.86. The molecule has 23 heavy (non-hydrogen) atoms. The maximum absolute atomic E-state index is 12.6. The van der Waals surface area contributed by atoms with Gasteiger partial charge in [0.05, 0.1) is 18.1 Å². The van der Waals surface area contributed by atoms with E-state index in [1.54, 1.807) is 28.8 Å². The van der Waals surface area contributed by atoms with Crippen LogP contribution in [-0.4, -0.2) is 74.4 Å². The van der Waals surface area contributed by atoms with Crippen LogP contribution < -0.4 is 0 Å². The highest BCUT2D eigenvalue weighted by atomic mass is 32.2. The summed E-state index contributed by atoms with van der Waals surface area (Å²) < 4.78 is 31.9. The molecule has 0 saturated carbocycles. The molecule has 0 N–H and O–H groups in total. The molecule has 0 spiro atoms. The first-order chi connectivity index (χ1) is 11.1. The fourth-order valence-electron chi connectivity index (χ4n) is 2.65. The van der Waals surface area contributed by atoms with Gasteiger partial charge in [0.25, 0.3) is 5.91 Å². The zero-order valence-electron chi connectivity index (χ0n) is 12.8. The van der Waals surface area contributed by atoms with Gasteiger partial charge < -0.3 is 9.64 Å². The molecule has 0 atom stereocenters. The predicted octanol–water partition coefficient (Wildman–Crippen LogP) is 0.897.